The Bertz CT molecular complexity index is 463. The van der Waals surface area contributed by atoms with Crippen molar-refractivity contribution in [3.63, 3.8) is 0 Å². The van der Waals surface area contributed by atoms with Crippen molar-refractivity contribution in [1.29, 1.82) is 5.26 Å². The molecule has 1 aromatic rings. The molecule has 0 radical (unpaired) electrons. The zero-order valence-electron chi connectivity index (χ0n) is 11.1. The topological polar surface area (TPSA) is 65.9 Å². The summed E-state index contributed by atoms with van der Waals surface area (Å²) in [6, 6.07) is 4.27. The average Bonchev–Trinajstić information content (AvgIpc) is 2.37. The van der Waals surface area contributed by atoms with Gasteiger partial charge in [-0.25, -0.2) is 4.98 Å². The number of nitrogen functional groups attached to an aromatic ring is 1. The minimum atomic E-state index is 0.511. The van der Waals surface area contributed by atoms with Crippen molar-refractivity contribution in [3.8, 4) is 6.07 Å². The van der Waals surface area contributed by atoms with Gasteiger partial charge in [0.2, 0.25) is 0 Å². The van der Waals surface area contributed by atoms with E-state index in [0.29, 0.717) is 17.3 Å². The van der Waals surface area contributed by atoms with Crippen LogP contribution in [0.25, 0.3) is 0 Å². The summed E-state index contributed by atoms with van der Waals surface area (Å²) in [5, 5.41) is 8.82. The van der Waals surface area contributed by atoms with Gasteiger partial charge < -0.3 is 10.6 Å². The molecule has 2 rings (SSSR count). The molecule has 1 aliphatic carbocycles. The Balaban J connectivity index is 2.18. The standard InChI is InChI=1S/C14H20N4/c1-10-4-3-5-12(6-10)18(2)14-13(16)7-11(8-15)9-17-14/h7,9-10,12H,3-6,16H2,1-2H3. The minimum Gasteiger partial charge on any atom is -0.396 e. The van der Waals surface area contributed by atoms with Crippen molar-refractivity contribution in [2.24, 2.45) is 5.92 Å². The van der Waals surface area contributed by atoms with Gasteiger partial charge in [0.1, 0.15) is 6.07 Å². The smallest absolute Gasteiger partial charge is 0.151 e. The maximum atomic E-state index is 8.82. The van der Waals surface area contributed by atoms with Gasteiger partial charge in [0, 0.05) is 19.3 Å². The first-order chi connectivity index (χ1) is 8.61. The van der Waals surface area contributed by atoms with Gasteiger partial charge in [-0.05, 0) is 24.8 Å². The lowest BCUT2D eigenvalue weighted by atomic mass is 9.86. The monoisotopic (exact) mass is 244 g/mol. The molecule has 2 atom stereocenters. The fourth-order valence-electron chi connectivity index (χ4n) is 2.76. The Morgan fingerprint density at radius 2 is 2.28 bits per heavy atom. The van der Waals surface area contributed by atoms with Crippen molar-refractivity contribution < 1.29 is 0 Å². The maximum absolute atomic E-state index is 8.82. The Kier molecular flexibility index (Phi) is 3.71. The Labute approximate surface area is 108 Å². The third-order valence-corrected chi connectivity index (χ3v) is 3.81. The van der Waals surface area contributed by atoms with Crippen molar-refractivity contribution >= 4 is 11.5 Å². The first-order valence-corrected chi connectivity index (χ1v) is 6.50. The highest BCUT2D eigenvalue weighted by Crippen LogP contribution is 2.31. The number of nitrogens with zero attached hydrogens (tertiary/aromatic N) is 3. The quantitative estimate of drug-likeness (QED) is 0.868. The third kappa shape index (κ3) is 2.56. The van der Waals surface area contributed by atoms with Crippen LogP contribution in [0.4, 0.5) is 11.5 Å². The summed E-state index contributed by atoms with van der Waals surface area (Å²) in [6.07, 6.45) is 6.57. The second-order valence-electron chi connectivity index (χ2n) is 5.29. The van der Waals surface area contributed by atoms with E-state index in [0.717, 1.165) is 11.7 Å². The number of aromatic nitrogens is 1. The molecule has 4 heteroatoms. The molecule has 2 unspecified atom stereocenters. The van der Waals surface area contributed by atoms with Gasteiger partial charge in [-0.15, -0.1) is 0 Å². The summed E-state index contributed by atoms with van der Waals surface area (Å²) >= 11 is 0. The van der Waals surface area contributed by atoms with Gasteiger partial charge in [-0.2, -0.15) is 5.26 Å². The second kappa shape index (κ2) is 5.26. The van der Waals surface area contributed by atoms with Crippen LogP contribution in [0.2, 0.25) is 0 Å². The van der Waals surface area contributed by atoms with Gasteiger partial charge in [-0.1, -0.05) is 19.8 Å². The van der Waals surface area contributed by atoms with Crippen molar-refractivity contribution in [1.82, 2.24) is 4.98 Å². The van der Waals surface area contributed by atoms with E-state index in [4.69, 9.17) is 11.0 Å². The van der Waals surface area contributed by atoms with E-state index in [-0.39, 0.29) is 0 Å². The van der Waals surface area contributed by atoms with Crippen LogP contribution in [-0.4, -0.2) is 18.1 Å². The fraction of sp³-hybridized carbons (Fsp3) is 0.571. The molecule has 18 heavy (non-hydrogen) atoms. The van der Waals surface area contributed by atoms with Crippen molar-refractivity contribution in [2.75, 3.05) is 17.7 Å². The lowest BCUT2D eigenvalue weighted by Crippen LogP contribution is -2.36. The van der Waals surface area contributed by atoms with Crippen LogP contribution in [0.3, 0.4) is 0 Å². The van der Waals surface area contributed by atoms with Gasteiger partial charge >= 0.3 is 0 Å². The number of rotatable bonds is 2. The van der Waals surface area contributed by atoms with Crippen LogP contribution in [0.15, 0.2) is 12.3 Å². The van der Waals surface area contributed by atoms with Crippen molar-refractivity contribution in [2.45, 2.75) is 38.6 Å². The summed E-state index contributed by atoms with van der Waals surface area (Å²) < 4.78 is 0. The molecule has 0 bridgehead atoms. The van der Waals surface area contributed by atoms with E-state index in [1.807, 2.05) is 7.05 Å². The highest BCUT2D eigenvalue weighted by Gasteiger charge is 2.24. The second-order valence-corrected chi connectivity index (χ2v) is 5.29. The Morgan fingerprint density at radius 1 is 1.50 bits per heavy atom. The van der Waals surface area contributed by atoms with E-state index in [1.165, 1.54) is 25.7 Å². The highest BCUT2D eigenvalue weighted by molar-refractivity contribution is 5.64. The molecule has 1 saturated carbocycles. The SMILES string of the molecule is CC1CCCC(N(C)c2ncc(C#N)cc2N)C1. The van der Waals surface area contributed by atoms with Crippen LogP contribution in [-0.2, 0) is 0 Å². The lowest BCUT2D eigenvalue weighted by molar-refractivity contribution is 0.336. The highest BCUT2D eigenvalue weighted by atomic mass is 15.2. The van der Waals surface area contributed by atoms with Crippen LogP contribution in [0.5, 0.6) is 0 Å². The van der Waals surface area contributed by atoms with Gasteiger partial charge in [0.25, 0.3) is 0 Å². The van der Waals surface area contributed by atoms with Crippen LogP contribution in [0.1, 0.15) is 38.2 Å². The van der Waals surface area contributed by atoms with E-state index in [2.05, 4.69) is 22.9 Å². The molecule has 1 aliphatic rings. The summed E-state index contributed by atoms with van der Waals surface area (Å²) in [6.45, 7) is 2.30. The van der Waals surface area contributed by atoms with Gasteiger partial charge in [0.05, 0.1) is 11.3 Å². The molecule has 1 heterocycles. The van der Waals surface area contributed by atoms with E-state index in [9.17, 15) is 0 Å². The molecule has 0 saturated heterocycles. The number of pyridine rings is 1. The van der Waals surface area contributed by atoms with Crippen molar-refractivity contribution in [3.05, 3.63) is 17.8 Å². The molecular formula is C14H20N4. The zero-order chi connectivity index (χ0) is 13.1. The van der Waals surface area contributed by atoms with Gasteiger partial charge in [0.15, 0.2) is 5.82 Å². The first-order valence-electron chi connectivity index (χ1n) is 6.50. The van der Waals surface area contributed by atoms with E-state index in [1.54, 1.807) is 12.3 Å². The first kappa shape index (κ1) is 12.7. The third-order valence-electron chi connectivity index (χ3n) is 3.81. The molecule has 0 amide bonds. The predicted octanol–water partition coefficient (Wildman–Crippen LogP) is 2.55. The normalized spacial score (nSPS) is 23.4. The number of nitrogens with two attached hydrogens (primary N) is 1. The summed E-state index contributed by atoms with van der Waals surface area (Å²) in [5.41, 5.74) is 7.09. The lowest BCUT2D eigenvalue weighted by Gasteiger charge is -2.35. The molecular weight excluding hydrogens is 224 g/mol. The zero-order valence-corrected chi connectivity index (χ0v) is 11.1. The molecule has 0 aromatic carbocycles. The average molecular weight is 244 g/mol. The van der Waals surface area contributed by atoms with Crippen LogP contribution >= 0.6 is 0 Å². The summed E-state index contributed by atoms with van der Waals surface area (Å²) in [5.74, 6) is 1.57. The molecule has 96 valence electrons. The Morgan fingerprint density at radius 3 is 2.89 bits per heavy atom. The van der Waals surface area contributed by atoms with Gasteiger partial charge in [-0.3, -0.25) is 0 Å². The number of hydrogen-bond donors (Lipinski definition) is 1. The fourth-order valence-corrected chi connectivity index (χ4v) is 2.76. The number of hydrogen-bond acceptors (Lipinski definition) is 4. The summed E-state index contributed by atoms with van der Waals surface area (Å²) in [4.78, 5) is 6.50. The molecule has 0 spiro atoms. The Hall–Kier alpha value is -1.76. The molecule has 1 fully saturated rings. The largest absolute Gasteiger partial charge is 0.396 e. The van der Waals surface area contributed by atoms with Crippen LogP contribution < -0.4 is 10.6 Å². The molecule has 1 aromatic heterocycles. The van der Waals surface area contributed by atoms with E-state index >= 15 is 0 Å². The molecule has 2 N–H and O–H groups in total. The molecule has 4 nitrogen and oxygen atoms in total. The van der Waals surface area contributed by atoms with Crippen LogP contribution in [0, 0.1) is 17.2 Å². The number of nitriles is 1. The summed E-state index contributed by atoms with van der Waals surface area (Å²) in [7, 11) is 2.05. The predicted molar refractivity (Wildman–Crippen MR) is 73.2 cm³/mol. The minimum absolute atomic E-state index is 0.511. The maximum Gasteiger partial charge on any atom is 0.151 e. The number of anilines is 2. The molecule has 0 aliphatic heterocycles. The van der Waals surface area contributed by atoms with E-state index < -0.39 is 0 Å².